The Morgan fingerprint density at radius 2 is 2.14 bits per heavy atom. The van der Waals surface area contributed by atoms with E-state index in [4.69, 9.17) is 4.42 Å². The summed E-state index contributed by atoms with van der Waals surface area (Å²) in [7, 11) is 0. The Morgan fingerprint density at radius 1 is 1.43 bits per heavy atom. The second-order valence-electron chi connectivity index (χ2n) is 3.01. The number of aryl methyl sites for hydroxylation is 1. The van der Waals surface area contributed by atoms with Crippen molar-refractivity contribution in [2.75, 3.05) is 0 Å². The van der Waals surface area contributed by atoms with Gasteiger partial charge < -0.3 is 4.42 Å². The minimum absolute atomic E-state index is 0.0243. The normalized spacial score (nSPS) is 10.8. The van der Waals surface area contributed by atoms with E-state index < -0.39 is 0 Å². The highest BCUT2D eigenvalue weighted by Gasteiger charge is 2.07. The highest BCUT2D eigenvalue weighted by Crippen LogP contribution is 2.22. The largest absolute Gasteiger partial charge is 0.463 e. The zero-order valence-electron chi connectivity index (χ0n) is 7.30. The topological polar surface area (TPSA) is 30.2 Å². The maximum Gasteiger partial charge on any atom is 0.206 e. The van der Waals surface area contributed by atoms with E-state index in [1.807, 2.05) is 35.6 Å². The monoisotopic (exact) mass is 364 g/mol. The average molecular weight is 365 g/mol. The smallest absolute Gasteiger partial charge is 0.206 e. The van der Waals surface area contributed by atoms with Crippen LogP contribution in [0.5, 0.6) is 0 Å². The third-order valence-electron chi connectivity index (χ3n) is 1.98. The van der Waals surface area contributed by atoms with E-state index >= 15 is 0 Å². The van der Waals surface area contributed by atoms with Gasteiger partial charge in [0.2, 0.25) is 5.43 Å². The van der Waals surface area contributed by atoms with Gasteiger partial charge in [-0.3, -0.25) is 4.79 Å². The lowest BCUT2D eigenvalue weighted by molar-refractivity contribution is 0.595. The van der Waals surface area contributed by atoms with Crippen LogP contribution in [0.1, 0.15) is 5.56 Å². The van der Waals surface area contributed by atoms with Crippen LogP contribution in [0.15, 0.2) is 32.1 Å². The lowest BCUT2D eigenvalue weighted by Gasteiger charge is -2.01. The Morgan fingerprint density at radius 3 is 2.86 bits per heavy atom. The van der Waals surface area contributed by atoms with Crippen molar-refractivity contribution < 1.29 is 4.42 Å². The van der Waals surface area contributed by atoms with Crippen LogP contribution in [0.2, 0.25) is 0 Å². The third-order valence-corrected chi connectivity index (χ3v) is 3.18. The fourth-order valence-corrected chi connectivity index (χ4v) is 2.34. The average Bonchev–Trinajstić information content (AvgIpc) is 2.12. The van der Waals surface area contributed by atoms with Gasteiger partial charge in [0, 0.05) is 4.47 Å². The molecule has 2 rings (SSSR count). The molecule has 1 aromatic carbocycles. The summed E-state index contributed by atoms with van der Waals surface area (Å²) >= 11 is 5.33. The van der Waals surface area contributed by atoms with Crippen molar-refractivity contribution in [3.8, 4) is 0 Å². The molecule has 14 heavy (non-hydrogen) atoms. The van der Waals surface area contributed by atoms with Gasteiger partial charge in [-0.05, 0) is 47.2 Å². The maximum absolute atomic E-state index is 11.7. The molecule has 2 nitrogen and oxygen atoms in total. The molecule has 72 valence electrons. The van der Waals surface area contributed by atoms with Crippen LogP contribution >= 0.6 is 38.5 Å². The molecule has 0 spiro atoms. The van der Waals surface area contributed by atoms with Gasteiger partial charge in [0.05, 0.1) is 8.96 Å². The second kappa shape index (κ2) is 3.66. The van der Waals surface area contributed by atoms with Gasteiger partial charge in [-0.2, -0.15) is 0 Å². The molecule has 0 aliphatic carbocycles. The summed E-state index contributed by atoms with van der Waals surface area (Å²) in [6.45, 7) is 1.92. The van der Waals surface area contributed by atoms with Gasteiger partial charge in [0.25, 0.3) is 0 Å². The molecule has 1 aromatic heterocycles. The molecule has 0 unspecified atom stereocenters. The minimum Gasteiger partial charge on any atom is -0.463 e. The number of benzene rings is 1. The first-order valence-corrected chi connectivity index (χ1v) is 5.84. The van der Waals surface area contributed by atoms with Crippen molar-refractivity contribution in [1.82, 2.24) is 0 Å². The van der Waals surface area contributed by atoms with E-state index in [9.17, 15) is 4.79 Å². The molecule has 0 saturated heterocycles. The second-order valence-corrected chi connectivity index (χ2v) is 5.09. The first-order chi connectivity index (χ1) is 6.59. The SMILES string of the molecule is Cc1cc(Br)cc2c(=O)c(I)coc12. The number of hydrogen-bond donors (Lipinski definition) is 0. The highest BCUT2D eigenvalue weighted by molar-refractivity contribution is 14.1. The summed E-state index contributed by atoms with van der Waals surface area (Å²) in [5.74, 6) is 0. The molecule has 1 heterocycles. The van der Waals surface area contributed by atoms with Crippen LogP contribution in [0, 0.1) is 10.5 Å². The lowest BCUT2D eigenvalue weighted by atomic mass is 10.1. The number of hydrogen-bond acceptors (Lipinski definition) is 2. The third kappa shape index (κ3) is 1.61. The van der Waals surface area contributed by atoms with Gasteiger partial charge in [-0.15, -0.1) is 0 Å². The lowest BCUT2D eigenvalue weighted by Crippen LogP contribution is -2.05. The van der Waals surface area contributed by atoms with Crippen LogP contribution < -0.4 is 5.43 Å². The predicted molar refractivity (Wildman–Crippen MR) is 67.6 cm³/mol. The predicted octanol–water partition coefficient (Wildman–Crippen LogP) is 3.47. The van der Waals surface area contributed by atoms with Gasteiger partial charge >= 0.3 is 0 Å². The molecule has 0 amide bonds. The quantitative estimate of drug-likeness (QED) is 0.670. The Labute approximate surface area is 103 Å². The Kier molecular flexibility index (Phi) is 2.66. The number of halogens is 2. The summed E-state index contributed by atoms with van der Waals surface area (Å²) in [6, 6.07) is 3.72. The van der Waals surface area contributed by atoms with E-state index in [2.05, 4.69) is 15.9 Å². The number of fused-ring (bicyclic) bond motifs is 1. The zero-order valence-corrected chi connectivity index (χ0v) is 11.0. The van der Waals surface area contributed by atoms with Crippen LogP contribution in [0.4, 0.5) is 0 Å². The molecule has 0 atom stereocenters. The summed E-state index contributed by atoms with van der Waals surface area (Å²) < 4.78 is 6.88. The van der Waals surface area contributed by atoms with E-state index in [1.165, 1.54) is 6.26 Å². The summed E-state index contributed by atoms with van der Waals surface area (Å²) in [5.41, 5.74) is 1.65. The van der Waals surface area contributed by atoms with Crippen molar-refractivity contribution in [3.05, 3.63) is 42.2 Å². The van der Waals surface area contributed by atoms with E-state index in [0.717, 1.165) is 10.0 Å². The van der Waals surface area contributed by atoms with Crippen molar-refractivity contribution in [1.29, 1.82) is 0 Å². The minimum atomic E-state index is 0.0243. The summed E-state index contributed by atoms with van der Waals surface area (Å²) in [6.07, 6.45) is 1.49. The fraction of sp³-hybridized carbons (Fsp3) is 0.100. The Bertz CT molecular complexity index is 560. The van der Waals surface area contributed by atoms with Gasteiger partial charge in [0.15, 0.2) is 0 Å². The van der Waals surface area contributed by atoms with Crippen molar-refractivity contribution >= 4 is 49.5 Å². The Hall–Kier alpha value is -0.360. The van der Waals surface area contributed by atoms with Gasteiger partial charge in [-0.1, -0.05) is 15.9 Å². The van der Waals surface area contributed by atoms with Crippen molar-refractivity contribution in [2.45, 2.75) is 6.92 Å². The zero-order chi connectivity index (χ0) is 10.3. The molecule has 2 aromatic rings. The van der Waals surface area contributed by atoms with E-state index in [1.54, 1.807) is 6.07 Å². The molecular weight excluding hydrogens is 359 g/mol. The molecule has 0 N–H and O–H groups in total. The van der Waals surface area contributed by atoms with Crippen LogP contribution in [0.25, 0.3) is 11.0 Å². The van der Waals surface area contributed by atoms with Crippen LogP contribution in [-0.2, 0) is 0 Å². The standard InChI is InChI=1S/C10H6BrIO2/c1-5-2-6(11)3-7-9(13)8(12)4-14-10(5)7/h2-4H,1H3. The molecule has 0 fully saturated rings. The van der Waals surface area contributed by atoms with E-state index in [0.29, 0.717) is 14.5 Å². The first-order valence-electron chi connectivity index (χ1n) is 3.97. The van der Waals surface area contributed by atoms with Gasteiger partial charge in [0.1, 0.15) is 11.8 Å². The van der Waals surface area contributed by atoms with Crippen molar-refractivity contribution in [3.63, 3.8) is 0 Å². The molecule has 4 heteroatoms. The van der Waals surface area contributed by atoms with Crippen molar-refractivity contribution in [2.24, 2.45) is 0 Å². The van der Waals surface area contributed by atoms with Crippen LogP contribution in [0.3, 0.4) is 0 Å². The molecular formula is C10H6BrIO2. The molecule has 0 saturated carbocycles. The first kappa shape index (κ1) is 10.2. The molecule has 0 aliphatic rings. The summed E-state index contributed by atoms with van der Waals surface area (Å²) in [5, 5.41) is 0.628. The van der Waals surface area contributed by atoms with Crippen LogP contribution in [-0.4, -0.2) is 0 Å². The molecule has 0 radical (unpaired) electrons. The Balaban J connectivity index is 3.03. The van der Waals surface area contributed by atoms with E-state index in [-0.39, 0.29) is 5.43 Å². The molecule has 0 aliphatic heterocycles. The maximum atomic E-state index is 11.7. The van der Waals surface area contributed by atoms with Gasteiger partial charge in [-0.25, -0.2) is 0 Å². The summed E-state index contributed by atoms with van der Waals surface area (Å²) in [4.78, 5) is 11.7. The fourth-order valence-electron chi connectivity index (χ4n) is 1.35. The number of rotatable bonds is 0. The molecule has 0 bridgehead atoms. The highest BCUT2D eigenvalue weighted by atomic mass is 127.